The van der Waals surface area contributed by atoms with Gasteiger partial charge in [-0.25, -0.2) is 0 Å². The number of allylic oxidation sites excluding steroid dienone is 2. The van der Waals surface area contributed by atoms with Crippen LogP contribution in [0.4, 0.5) is 0 Å². The maximum atomic E-state index is 2.73. The van der Waals surface area contributed by atoms with Crippen molar-refractivity contribution >= 4 is 0 Å². The van der Waals surface area contributed by atoms with Gasteiger partial charge in [-0.2, -0.15) is 0 Å². The lowest BCUT2D eigenvalue weighted by Gasteiger charge is -2.54. The first-order chi connectivity index (χ1) is 9.19. The molecule has 0 bridgehead atoms. The minimum Gasteiger partial charge on any atom is -0.0819 e. The molecule has 4 rings (SSSR count). The molecule has 0 radical (unpaired) electrons. The van der Waals surface area contributed by atoms with Crippen LogP contribution in [-0.4, -0.2) is 0 Å². The Morgan fingerprint density at radius 2 is 1.95 bits per heavy atom. The fourth-order valence-corrected chi connectivity index (χ4v) is 6.65. The maximum Gasteiger partial charge on any atom is -0.0172 e. The van der Waals surface area contributed by atoms with Crippen LogP contribution in [0.1, 0.15) is 71.6 Å². The van der Waals surface area contributed by atoms with Crippen LogP contribution in [0.2, 0.25) is 0 Å². The van der Waals surface area contributed by atoms with Gasteiger partial charge in [0.05, 0.1) is 0 Å². The molecule has 3 fully saturated rings. The smallest absolute Gasteiger partial charge is 0.0172 e. The van der Waals surface area contributed by atoms with Gasteiger partial charge in [-0.1, -0.05) is 38.3 Å². The summed E-state index contributed by atoms with van der Waals surface area (Å²) < 4.78 is 0. The molecule has 0 aromatic heterocycles. The molecule has 4 aliphatic carbocycles. The highest BCUT2D eigenvalue weighted by molar-refractivity contribution is 5.20. The average molecular weight is 258 g/mol. The van der Waals surface area contributed by atoms with Crippen LogP contribution < -0.4 is 0 Å². The average Bonchev–Trinajstić information content (AvgIpc) is 2.80. The SMILES string of the molecule is C[C@@H]1C=C2CCCC[C@@H]2[C@H]2CC[C@]3(C)CCC[C@H]3[C@@H]21. The first-order valence-electron chi connectivity index (χ1n) is 8.90. The molecule has 19 heavy (non-hydrogen) atoms. The molecule has 0 heteroatoms. The molecule has 0 aromatic carbocycles. The molecule has 0 unspecified atom stereocenters. The van der Waals surface area contributed by atoms with Crippen molar-refractivity contribution in [2.75, 3.05) is 0 Å². The fraction of sp³-hybridized carbons (Fsp3) is 0.895. The van der Waals surface area contributed by atoms with E-state index < -0.39 is 0 Å². The second-order valence-electron chi connectivity index (χ2n) is 8.39. The first kappa shape index (κ1) is 12.5. The van der Waals surface area contributed by atoms with E-state index in [4.69, 9.17) is 0 Å². The minimum absolute atomic E-state index is 0.718. The fourth-order valence-electron chi connectivity index (χ4n) is 6.65. The van der Waals surface area contributed by atoms with Gasteiger partial charge in [0, 0.05) is 0 Å². The number of hydrogen-bond acceptors (Lipinski definition) is 0. The van der Waals surface area contributed by atoms with Crippen molar-refractivity contribution < 1.29 is 0 Å². The van der Waals surface area contributed by atoms with Crippen LogP contribution in [0, 0.1) is 35.0 Å². The highest BCUT2D eigenvalue weighted by Crippen LogP contribution is 2.62. The van der Waals surface area contributed by atoms with E-state index in [1.54, 1.807) is 6.42 Å². The molecule has 0 saturated heterocycles. The Morgan fingerprint density at radius 1 is 1.05 bits per heavy atom. The molecule has 6 atom stereocenters. The normalized spacial score (nSPS) is 52.9. The monoisotopic (exact) mass is 258 g/mol. The van der Waals surface area contributed by atoms with Gasteiger partial charge < -0.3 is 0 Å². The van der Waals surface area contributed by atoms with Crippen LogP contribution in [0.5, 0.6) is 0 Å². The van der Waals surface area contributed by atoms with Gasteiger partial charge in [-0.05, 0) is 80.0 Å². The van der Waals surface area contributed by atoms with Gasteiger partial charge in [0.25, 0.3) is 0 Å². The largest absolute Gasteiger partial charge is 0.0819 e. The zero-order valence-electron chi connectivity index (χ0n) is 12.8. The number of fused-ring (bicyclic) bond motifs is 5. The molecule has 0 N–H and O–H groups in total. The molecule has 3 saturated carbocycles. The van der Waals surface area contributed by atoms with E-state index in [0.717, 1.165) is 35.0 Å². The summed E-state index contributed by atoms with van der Waals surface area (Å²) in [7, 11) is 0. The molecule has 0 amide bonds. The first-order valence-corrected chi connectivity index (χ1v) is 8.90. The second kappa shape index (κ2) is 4.37. The van der Waals surface area contributed by atoms with Crippen LogP contribution in [0.15, 0.2) is 11.6 Å². The van der Waals surface area contributed by atoms with Crippen molar-refractivity contribution in [2.24, 2.45) is 35.0 Å². The Morgan fingerprint density at radius 3 is 2.84 bits per heavy atom. The summed E-state index contributed by atoms with van der Waals surface area (Å²) in [4.78, 5) is 0. The van der Waals surface area contributed by atoms with Gasteiger partial charge in [-0.15, -0.1) is 0 Å². The molecular weight excluding hydrogens is 228 g/mol. The van der Waals surface area contributed by atoms with E-state index in [-0.39, 0.29) is 0 Å². The Bertz CT molecular complexity index is 393. The lowest BCUT2D eigenvalue weighted by molar-refractivity contribution is -0.0120. The molecule has 106 valence electrons. The number of rotatable bonds is 0. The quantitative estimate of drug-likeness (QED) is 0.497. The van der Waals surface area contributed by atoms with Crippen molar-refractivity contribution in [2.45, 2.75) is 71.6 Å². The van der Waals surface area contributed by atoms with Gasteiger partial charge in [0.15, 0.2) is 0 Å². The summed E-state index contributed by atoms with van der Waals surface area (Å²) in [6, 6.07) is 0. The topological polar surface area (TPSA) is 0 Å². The van der Waals surface area contributed by atoms with Gasteiger partial charge >= 0.3 is 0 Å². The predicted molar refractivity (Wildman–Crippen MR) is 80.9 cm³/mol. The van der Waals surface area contributed by atoms with Crippen LogP contribution in [0.3, 0.4) is 0 Å². The van der Waals surface area contributed by atoms with Crippen molar-refractivity contribution in [1.82, 2.24) is 0 Å². The van der Waals surface area contributed by atoms with Crippen LogP contribution >= 0.6 is 0 Å². The zero-order chi connectivity index (χ0) is 13.0. The Hall–Kier alpha value is -0.260. The summed E-state index contributed by atoms with van der Waals surface area (Å²) >= 11 is 0. The van der Waals surface area contributed by atoms with Gasteiger partial charge in [-0.3, -0.25) is 0 Å². The summed E-state index contributed by atoms with van der Waals surface area (Å²) in [5.74, 6) is 5.03. The Balaban J connectivity index is 1.69. The standard InChI is InChI=1S/C19H30/c1-13-12-14-6-3-4-7-15(14)16-9-11-19(2)10-5-8-17(19)18(13)16/h12-13,15-18H,3-11H2,1-2H3/t13-,15+,16-,17+,18-,19+/m1/s1. The van der Waals surface area contributed by atoms with Gasteiger partial charge in [0.1, 0.15) is 0 Å². The zero-order valence-corrected chi connectivity index (χ0v) is 12.8. The summed E-state index contributed by atoms with van der Waals surface area (Å²) in [5, 5.41) is 0. The summed E-state index contributed by atoms with van der Waals surface area (Å²) in [6.45, 7) is 5.16. The molecule has 0 aromatic rings. The molecule has 0 aliphatic heterocycles. The molecular formula is C19H30. The lowest BCUT2D eigenvalue weighted by atomic mass is 9.51. The highest BCUT2D eigenvalue weighted by Gasteiger charge is 2.53. The van der Waals surface area contributed by atoms with Gasteiger partial charge in [0.2, 0.25) is 0 Å². The maximum absolute atomic E-state index is 2.73. The minimum atomic E-state index is 0.718. The van der Waals surface area contributed by atoms with Crippen LogP contribution in [0.25, 0.3) is 0 Å². The third-order valence-corrected chi connectivity index (χ3v) is 7.47. The van der Waals surface area contributed by atoms with Crippen LogP contribution in [-0.2, 0) is 0 Å². The molecule has 0 heterocycles. The van der Waals surface area contributed by atoms with Crippen molar-refractivity contribution in [3.8, 4) is 0 Å². The molecule has 0 spiro atoms. The summed E-state index contributed by atoms with van der Waals surface area (Å²) in [6.07, 6.45) is 16.3. The predicted octanol–water partition coefficient (Wildman–Crippen LogP) is 5.59. The van der Waals surface area contributed by atoms with E-state index in [9.17, 15) is 0 Å². The third-order valence-electron chi connectivity index (χ3n) is 7.47. The van der Waals surface area contributed by atoms with Crippen molar-refractivity contribution in [3.05, 3.63) is 11.6 Å². The van der Waals surface area contributed by atoms with E-state index in [2.05, 4.69) is 19.9 Å². The molecule has 4 aliphatic rings. The second-order valence-corrected chi connectivity index (χ2v) is 8.39. The van der Waals surface area contributed by atoms with E-state index in [1.807, 2.05) is 5.57 Å². The van der Waals surface area contributed by atoms with Crippen molar-refractivity contribution in [1.29, 1.82) is 0 Å². The Kier molecular flexibility index (Phi) is 2.87. The Labute approximate surface area is 119 Å². The lowest BCUT2D eigenvalue weighted by Crippen LogP contribution is -2.46. The van der Waals surface area contributed by atoms with Crippen molar-refractivity contribution in [3.63, 3.8) is 0 Å². The van der Waals surface area contributed by atoms with E-state index in [1.165, 1.54) is 51.4 Å². The summed E-state index contributed by atoms with van der Waals surface area (Å²) in [5.41, 5.74) is 2.59. The van der Waals surface area contributed by atoms with E-state index in [0.29, 0.717) is 0 Å². The third kappa shape index (κ3) is 1.78. The number of hydrogen-bond donors (Lipinski definition) is 0. The van der Waals surface area contributed by atoms with E-state index >= 15 is 0 Å². The highest BCUT2D eigenvalue weighted by atomic mass is 14.6. The molecule has 0 nitrogen and oxygen atoms in total.